The summed E-state index contributed by atoms with van der Waals surface area (Å²) < 4.78 is 53.7. The molecule has 0 saturated carbocycles. The van der Waals surface area contributed by atoms with E-state index >= 15 is 0 Å². The van der Waals surface area contributed by atoms with E-state index < -0.39 is 53.8 Å². The summed E-state index contributed by atoms with van der Waals surface area (Å²) >= 11 is 0. The number of aryl methyl sites for hydroxylation is 1. The van der Waals surface area contributed by atoms with Crippen LogP contribution < -0.4 is 5.32 Å². The summed E-state index contributed by atoms with van der Waals surface area (Å²) in [6.07, 6.45) is -4.22. The topological polar surface area (TPSA) is 106 Å². The maximum atomic E-state index is 15.0. The summed E-state index contributed by atoms with van der Waals surface area (Å²) in [4.78, 5) is 26.4. The standard InChI is InChI=1S/C27H18F3N3O5/c1-8-2-16-11(4-12(8)28)19-21-20(25(36)31-26(21)37)18-10-5-13(29)14(30)6-15(10)32-7-9-3-17(34)24(35)27(38-9)33(16)23(19)22(18)32/h2,4-6,9,17,24,27,34-35H,3,7H2,1H3,(H,31,36,37). The van der Waals surface area contributed by atoms with E-state index in [0.717, 1.165) is 12.1 Å². The molecule has 1 saturated heterocycles. The lowest BCUT2D eigenvalue weighted by Gasteiger charge is -2.40. The molecule has 1 fully saturated rings. The number of hydrogen-bond donors (Lipinski definition) is 3. The van der Waals surface area contributed by atoms with E-state index in [1.807, 2.05) is 0 Å². The second-order valence-electron chi connectivity index (χ2n) is 10.3. The number of amides is 2. The molecule has 8 rings (SSSR count). The van der Waals surface area contributed by atoms with Crippen LogP contribution in [0, 0.1) is 24.4 Å². The second kappa shape index (κ2) is 6.93. The predicted octanol–water partition coefficient (Wildman–Crippen LogP) is 3.53. The van der Waals surface area contributed by atoms with Gasteiger partial charge in [0.25, 0.3) is 11.8 Å². The van der Waals surface area contributed by atoms with Gasteiger partial charge in [0, 0.05) is 40.6 Å². The SMILES string of the molecule is Cc1cc2c(cc1F)c1c3c(c4c5cc(F)c(F)cc5n5c4c1n2C1OC(CC(O)C1O)C5)C(=O)NC3=O. The van der Waals surface area contributed by atoms with E-state index in [4.69, 9.17) is 4.74 Å². The molecule has 0 spiro atoms. The Morgan fingerprint density at radius 2 is 1.53 bits per heavy atom. The van der Waals surface area contributed by atoms with Gasteiger partial charge in [0.1, 0.15) is 11.9 Å². The summed E-state index contributed by atoms with van der Waals surface area (Å²) in [6, 6.07) is 4.84. The number of halogens is 3. The number of rotatable bonds is 0. The monoisotopic (exact) mass is 521 g/mol. The molecule has 192 valence electrons. The van der Waals surface area contributed by atoms with Crippen LogP contribution in [0.25, 0.3) is 43.6 Å². The number of fused-ring (bicyclic) bond motifs is 12. The molecule has 38 heavy (non-hydrogen) atoms. The Kier molecular flexibility index (Phi) is 4.03. The van der Waals surface area contributed by atoms with Gasteiger partial charge >= 0.3 is 0 Å². The van der Waals surface area contributed by atoms with E-state index in [9.17, 15) is 33.0 Å². The van der Waals surface area contributed by atoms with Crippen molar-refractivity contribution in [2.45, 2.75) is 44.4 Å². The van der Waals surface area contributed by atoms with Crippen LogP contribution in [0.4, 0.5) is 13.2 Å². The first-order valence-corrected chi connectivity index (χ1v) is 12.1. The first kappa shape index (κ1) is 22.1. The van der Waals surface area contributed by atoms with Gasteiger partial charge in [-0.1, -0.05) is 0 Å². The van der Waals surface area contributed by atoms with Crippen LogP contribution >= 0.6 is 0 Å². The summed E-state index contributed by atoms with van der Waals surface area (Å²) in [5.74, 6) is -4.16. The Bertz CT molecular complexity index is 1980. The third kappa shape index (κ3) is 2.46. The average molecular weight is 521 g/mol. The number of aromatic nitrogens is 2. The number of carbonyl (C=O) groups is 2. The maximum absolute atomic E-state index is 15.0. The van der Waals surface area contributed by atoms with E-state index in [1.54, 1.807) is 22.1 Å². The Labute approximate surface area is 210 Å². The smallest absolute Gasteiger partial charge is 0.259 e. The zero-order valence-electron chi connectivity index (χ0n) is 19.7. The van der Waals surface area contributed by atoms with Gasteiger partial charge in [-0.3, -0.25) is 14.9 Å². The Balaban J connectivity index is 1.74. The zero-order chi connectivity index (χ0) is 26.4. The van der Waals surface area contributed by atoms with Crippen molar-refractivity contribution in [1.82, 2.24) is 14.5 Å². The lowest BCUT2D eigenvalue weighted by molar-refractivity contribution is -0.198. The number of nitrogens with one attached hydrogen (secondary N) is 1. The van der Waals surface area contributed by atoms with Crippen molar-refractivity contribution in [1.29, 1.82) is 0 Å². The molecule has 3 aliphatic heterocycles. The molecule has 5 heterocycles. The summed E-state index contributed by atoms with van der Waals surface area (Å²) in [5, 5.41) is 25.1. The van der Waals surface area contributed by atoms with Gasteiger partial charge in [0.05, 0.1) is 45.4 Å². The van der Waals surface area contributed by atoms with Crippen LogP contribution in [0.3, 0.4) is 0 Å². The van der Waals surface area contributed by atoms with Gasteiger partial charge < -0.3 is 24.1 Å². The normalized spacial score (nSPS) is 24.6. The molecule has 3 aliphatic rings. The number of benzene rings is 3. The molecular weight excluding hydrogens is 503 g/mol. The number of carbonyl (C=O) groups excluding carboxylic acids is 2. The third-order valence-corrected chi connectivity index (χ3v) is 8.21. The fourth-order valence-electron chi connectivity index (χ4n) is 6.62. The molecule has 2 aromatic heterocycles. The van der Waals surface area contributed by atoms with Gasteiger partial charge in [-0.25, -0.2) is 13.2 Å². The molecule has 4 unspecified atom stereocenters. The quantitative estimate of drug-likeness (QED) is 0.271. The lowest BCUT2D eigenvalue weighted by Crippen LogP contribution is -2.47. The molecule has 2 bridgehead atoms. The molecular formula is C27H18F3N3O5. The van der Waals surface area contributed by atoms with Crippen LogP contribution in [-0.2, 0) is 11.3 Å². The second-order valence-corrected chi connectivity index (χ2v) is 10.3. The van der Waals surface area contributed by atoms with E-state index in [1.165, 1.54) is 6.07 Å². The van der Waals surface area contributed by atoms with Gasteiger partial charge in [0.15, 0.2) is 17.9 Å². The van der Waals surface area contributed by atoms with E-state index in [0.29, 0.717) is 27.5 Å². The first-order chi connectivity index (χ1) is 18.2. The number of ether oxygens (including phenoxy) is 1. The molecule has 11 heteroatoms. The lowest BCUT2D eigenvalue weighted by atomic mass is 9.96. The number of aliphatic hydroxyl groups excluding tert-OH is 2. The molecule has 5 aromatic rings. The van der Waals surface area contributed by atoms with E-state index in [-0.39, 0.29) is 45.8 Å². The zero-order valence-corrected chi connectivity index (χ0v) is 19.7. The van der Waals surface area contributed by atoms with Crippen LogP contribution in [0.2, 0.25) is 0 Å². The highest BCUT2D eigenvalue weighted by atomic mass is 19.2. The van der Waals surface area contributed by atoms with Crippen molar-refractivity contribution in [3.63, 3.8) is 0 Å². The predicted molar refractivity (Wildman–Crippen MR) is 129 cm³/mol. The van der Waals surface area contributed by atoms with Gasteiger partial charge in [0.2, 0.25) is 0 Å². The fourth-order valence-corrected chi connectivity index (χ4v) is 6.62. The minimum atomic E-state index is -1.36. The first-order valence-electron chi connectivity index (χ1n) is 12.1. The maximum Gasteiger partial charge on any atom is 0.259 e. The molecule has 3 aromatic carbocycles. The average Bonchev–Trinajstić information content (AvgIpc) is 3.43. The summed E-state index contributed by atoms with van der Waals surface area (Å²) in [7, 11) is 0. The fraction of sp³-hybridized carbons (Fsp3) is 0.259. The molecule has 0 aliphatic carbocycles. The highest BCUT2D eigenvalue weighted by molar-refractivity contribution is 6.39. The Morgan fingerprint density at radius 3 is 2.26 bits per heavy atom. The number of aliphatic hydroxyl groups is 2. The van der Waals surface area contributed by atoms with E-state index in [2.05, 4.69) is 5.32 Å². The number of nitrogens with zero attached hydrogens (tertiary/aromatic N) is 2. The molecule has 4 atom stereocenters. The minimum absolute atomic E-state index is 0.000439. The van der Waals surface area contributed by atoms with Crippen molar-refractivity contribution in [2.75, 3.05) is 0 Å². The molecule has 2 amide bonds. The highest BCUT2D eigenvalue weighted by Crippen LogP contribution is 2.49. The van der Waals surface area contributed by atoms with Crippen molar-refractivity contribution >= 4 is 55.4 Å². The molecule has 0 radical (unpaired) electrons. The summed E-state index contributed by atoms with van der Waals surface area (Å²) in [6.45, 7) is 1.65. The largest absolute Gasteiger partial charge is 0.390 e. The Hall–Kier alpha value is -3.93. The van der Waals surface area contributed by atoms with Crippen LogP contribution in [0.5, 0.6) is 0 Å². The minimum Gasteiger partial charge on any atom is -0.390 e. The number of imide groups is 1. The highest BCUT2D eigenvalue weighted by Gasteiger charge is 2.44. The van der Waals surface area contributed by atoms with Gasteiger partial charge in [-0.15, -0.1) is 0 Å². The van der Waals surface area contributed by atoms with Gasteiger partial charge in [-0.05, 0) is 30.7 Å². The summed E-state index contributed by atoms with van der Waals surface area (Å²) in [5.41, 5.74) is 1.68. The van der Waals surface area contributed by atoms with Crippen molar-refractivity contribution in [3.8, 4) is 0 Å². The number of hydrogen-bond acceptors (Lipinski definition) is 5. The van der Waals surface area contributed by atoms with Crippen LogP contribution in [-0.4, -0.2) is 49.5 Å². The Morgan fingerprint density at radius 1 is 0.895 bits per heavy atom. The van der Waals surface area contributed by atoms with Crippen molar-refractivity contribution in [3.05, 3.63) is 58.4 Å². The van der Waals surface area contributed by atoms with Crippen LogP contribution in [0.1, 0.15) is 38.9 Å². The van der Waals surface area contributed by atoms with Crippen molar-refractivity contribution in [2.24, 2.45) is 0 Å². The van der Waals surface area contributed by atoms with Gasteiger partial charge in [-0.2, -0.15) is 0 Å². The molecule has 3 N–H and O–H groups in total. The third-order valence-electron chi connectivity index (χ3n) is 8.21. The van der Waals surface area contributed by atoms with Crippen molar-refractivity contribution < 1.29 is 37.7 Å². The molecule has 8 nitrogen and oxygen atoms in total. The van der Waals surface area contributed by atoms with Crippen LogP contribution in [0.15, 0.2) is 24.3 Å².